The summed E-state index contributed by atoms with van der Waals surface area (Å²) in [6.07, 6.45) is 0.837. The Morgan fingerprint density at radius 2 is 2.09 bits per heavy atom. The molecule has 0 rings (SSSR count). The monoisotopic (exact) mass is 254 g/mol. The predicted octanol–water partition coefficient (Wildman–Crippen LogP) is 0.508. The van der Waals surface area contributed by atoms with Crippen molar-refractivity contribution >= 4 is 7.67 Å². The zero-order chi connectivity index (χ0) is 8.04. The first-order chi connectivity index (χ1) is 4.62. The molecule has 0 aliphatic heterocycles. The van der Waals surface area contributed by atoms with E-state index in [1.807, 2.05) is 6.92 Å². The van der Waals surface area contributed by atoms with Gasteiger partial charge in [0.2, 0.25) is 0 Å². The molecule has 0 spiro atoms. The van der Waals surface area contributed by atoms with Crippen molar-refractivity contribution in [1.29, 1.82) is 0 Å². The third-order valence-corrected chi connectivity index (χ3v) is 2.21. The van der Waals surface area contributed by atoms with Gasteiger partial charge in [0, 0.05) is 39.3 Å². The third-order valence-electron chi connectivity index (χ3n) is 0.902. The summed E-state index contributed by atoms with van der Waals surface area (Å²) in [7, 11) is -3.27. The molecule has 1 unspecified atom stereocenters. The smallest absolute Gasteiger partial charge is 0.329 e. The van der Waals surface area contributed by atoms with Crippen LogP contribution in [0.3, 0.4) is 0 Å². The maximum absolute atomic E-state index is 10.9. The van der Waals surface area contributed by atoms with Crippen LogP contribution in [0.15, 0.2) is 0 Å². The Balaban J connectivity index is 0. The fourth-order valence-corrected chi connectivity index (χ4v) is 1.41. The number of hydrogen-bond donors (Lipinski definition) is 3. The van der Waals surface area contributed by atoms with Crippen molar-refractivity contribution in [2.24, 2.45) is 0 Å². The maximum Gasteiger partial charge on any atom is 0.335 e. The molecule has 0 heterocycles. The topological polar surface area (TPSA) is 61.4 Å². The van der Waals surface area contributed by atoms with Crippen molar-refractivity contribution in [3.8, 4) is 0 Å². The average molecular weight is 254 g/mol. The first-order valence-corrected chi connectivity index (χ1v) is 4.90. The number of nitrogens with one attached hydrogen (secondary N) is 2. The van der Waals surface area contributed by atoms with E-state index in [2.05, 4.69) is 17.1 Å². The van der Waals surface area contributed by atoms with Crippen LogP contribution in [-0.4, -0.2) is 18.0 Å². The summed E-state index contributed by atoms with van der Waals surface area (Å²) < 4.78 is 10.9. The third kappa shape index (κ3) is 9.13. The Labute approximate surface area is 93.0 Å². The molecule has 0 bridgehead atoms. The van der Waals surface area contributed by atoms with Crippen LogP contribution in [0.25, 0.3) is 0 Å². The van der Waals surface area contributed by atoms with Crippen LogP contribution >= 0.6 is 7.67 Å². The van der Waals surface area contributed by atoms with Crippen LogP contribution in [0.4, 0.5) is 0 Å². The summed E-state index contributed by atoms with van der Waals surface area (Å²) in [6, 6.07) is 0. The summed E-state index contributed by atoms with van der Waals surface area (Å²) >= 11 is 0. The molecule has 0 amide bonds. The first kappa shape index (κ1) is 14.7. The number of hydrogen-bond acceptors (Lipinski definition) is 1. The molecule has 1 radical (unpaired) electrons. The number of rotatable bonds is 5. The fraction of sp³-hybridized carbons (Fsp3) is 0.800. The normalized spacial score (nSPS) is 15.2. The molecule has 11 heavy (non-hydrogen) atoms. The SMILES string of the molecule is [CH2-]CNP(=O)(O)NCCC.[Y]. The van der Waals surface area contributed by atoms with E-state index in [1.54, 1.807) is 0 Å². The molecule has 0 aliphatic rings. The van der Waals surface area contributed by atoms with E-state index in [4.69, 9.17) is 4.89 Å². The zero-order valence-corrected chi connectivity index (χ0v) is 10.4. The van der Waals surface area contributed by atoms with Crippen LogP contribution in [0.1, 0.15) is 13.3 Å². The van der Waals surface area contributed by atoms with Crippen molar-refractivity contribution in [1.82, 2.24) is 10.2 Å². The molecule has 4 nitrogen and oxygen atoms in total. The predicted molar refractivity (Wildman–Crippen MR) is 41.5 cm³/mol. The van der Waals surface area contributed by atoms with E-state index in [-0.39, 0.29) is 39.3 Å². The summed E-state index contributed by atoms with van der Waals surface area (Å²) in [5.74, 6) is 0. The fourth-order valence-electron chi connectivity index (χ4n) is 0.471. The van der Waals surface area contributed by atoms with E-state index in [0.717, 1.165) is 6.42 Å². The molecule has 3 N–H and O–H groups in total. The molecule has 0 saturated heterocycles. The van der Waals surface area contributed by atoms with Gasteiger partial charge in [0.1, 0.15) is 0 Å². The Morgan fingerprint density at radius 3 is 2.45 bits per heavy atom. The molecule has 6 heteroatoms. The molecule has 1 atom stereocenters. The largest absolute Gasteiger partial charge is 0.335 e. The summed E-state index contributed by atoms with van der Waals surface area (Å²) in [4.78, 5) is 8.94. The van der Waals surface area contributed by atoms with Gasteiger partial charge >= 0.3 is 7.67 Å². The molecule has 0 saturated carbocycles. The zero-order valence-electron chi connectivity index (χ0n) is 6.71. The van der Waals surface area contributed by atoms with Crippen LogP contribution in [0, 0.1) is 6.92 Å². The van der Waals surface area contributed by atoms with E-state index < -0.39 is 7.67 Å². The molecular weight excluding hydrogens is 240 g/mol. The van der Waals surface area contributed by atoms with Gasteiger partial charge in [0.05, 0.1) is 0 Å². The summed E-state index contributed by atoms with van der Waals surface area (Å²) in [6.45, 7) is 6.12. The average Bonchev–Trinajstić information content (AvgIpc) is 1.84. The van der Waals surface area contributed by atoms with Crippen molar-refractivity contribution < 1.29 is 42.2 Å². The van der Waals surface area contributed by atoms with Crippen molar-refractivity contribution in [3.05, 3.63) is 6.92 Å². The molecular formula is C5H14N2O2PY-. The standard InChI is InChI=1S/C5H14N2O2P.Y/c1-3-5-7-10(8,9)6-4-2;/h2-5H2,1H3,(H3,6,7,8,9);/q-1;. The Morgan fingerprint density at radius 1 is 1.55 bits per heavy atom. The molecule has 65 valence electrons. The van der Waals surface area contributed by atoms with E-state index in [1.165, 1.54) is 0 Å². The van der Waals surface area contributed by atoms with Gasteiger partial charge in [0.15, 0.2) is 0 Å². The van der Waals surface area contributed by atoms with Crippen molar-refractivity contribution in [3.63, 3.8) is 0 Å². The Hall–Kier alpha value is 1.21. The van der Waals surface area contributed by atoms with Crippen LogP contribution in [0.2, 0.25) is 0 Å². The van der Waals surface area contributed by atoms with Crippen LogP contribution in [-0.2, 0) is 37.3 Å². The summed E-state index contributed by atoms with van der Waals surface area (Å²) in [5.41, 5.74) is 0. The van der Waals surface area contributed by atoms with Gasteiger partial charge in [-0.1, -0.05) is 6.92 Å². The van der Waals surface area contributed by atoms with Crippen molar-refractivity contribution in [2.45, 2.75) is 13.3 Å². The molecule has 0 aliphatic carbocycles. The molecule has 0 aromatic carbocycles. The quantitative estimate of drug-likeness (QED) is 0.494. The summed E-state index contributed by atoms with van der Waals surface area (Å²) in [5, 5.41) is 4.82. The van der Waals surface area contributed by atoms with E-state index in [9.17, 15) is 4.57 Å². The van der Waals surface area contributed by atoms with E-state index in [0.29, 0.717) is 6.54 Å². The second-order valence-corrected chi connectivity index (χ2v) is 3.68. The first-order valence-electron chi connectivity index (χ1n) is 3.24. The Bertz CT molecular complexity index is 134. The van der Waals surface area contributed by atoms with Crippen LogP contribution < -0.4 is 10.2 Å². The van der Waals surface area contributed by atoms with Gasteiger partial charge in [-0.3, -0.25) is 9.65 Å². The van der Waals surface area contributed by atoms with E-state index >= 15 is 0 Å². The molecule has 0 aromatic rings. The van der Waals surface area contributed by atoms with Gasteiger partial charge < -0.3 is 11.8 Å². The molecule has 0 aromatic heterocycles. The Kier molecular flexibility index (Phi) is 10.5. The minimum atomic E-state index is -3.27. The minimum absolute atomic E-state index is 0. The van der Waals surface area contributed by atoms with Crippen LogP contribution in [0.5, 0.6) is 0 Å². The van der Waals surface area contributed by atoms with Gasteiger partial charge in [0.25, 0.3) is 0 Å². The van der Waals surface area contributed by atoms with Gasteiger partial charge in [-0.05, 0) is 6.42 Å². The van der Waals surface area contributed by atoms with Gasteiger partial charge in [-0.15, -0.1) is 6.54 Å². The van der Waals surface area contributed by atoms with Gasteiger partial charge in [-0.2, -0.15) is 0 Å². The maximum atomic E-state index is 10.9. The molecule has 0 fully saturated rings. The van der Waals surface area contributed by atoms with Gasteiger partial charge in [-0.25, -0.2) is 5.09 Å². The minimum Gasteiger partial charge on any atom is -0.329 e. The van der Waals surface area contributed by atoms with Crippen molar-refractivity contribution in [2.75, 3.05) is 13.1 Å². The second kappa shape index (κ2) is 7.84. The second-order valence-electron chi connectivity index (χ2n) is 1.89.